The number of aromatic nitrogens is 2. The zero-order chi connectivity index (χ0) is 17.3. The number of fused-ring (bicyclic) bond motifs is 1. The molecule has 0 saturated heterocycles. The van der Waals surface area contributed by atoms with Crippen LogP contribution in [0.1, 0.15) is 5.69 Å². The summed E-state index contributed by atoms with van der Waals surface area (Å²) in [5.74, 6) is -0.478. The number of esters is 1. The van der Waals surface area contributed by atoms with Gasteiger partial charge in [-0.3, -0.25) is 4.79 Å². The second-order valence-corrected chi connectivity index (χ2v) is 6.20. The fraction of sp³-hybridized carbons (Fsp3) is 0.176. The van der Waals surface area contributed by atoms with E-state index in [0.717, 1.165) is 22.6 Å². The number of benzene rings is 1. The molecule has 0 aliphatic heterocycles. The Kier molecular flexibility index (Phi) is 4.76. The van der Waals surface area contributed by atoms with E-state index < -0.39 is 12.0 Å². The van der Waals surface area contributed by atoms with Crippen LogP contribution in [0.4, 0.5) is 0 Å². The number of imidazole rings is 1. The molecule has 0 bridgehead atoms. The number of carbonyl (C=O) groups excluding carboxylic acids is 1. The van der Waals surface area contributed by atoms with Gasteiger partial charge in [0.15, 0.2) is 0 Å². The summed E-state index contributed by atoms with van der Waals surface area (Å²) in [6.07, 6.45) is 2.02. The average Bonchev–Trinajstić information content (AvgIpc) is 2.92. The van der Waals surface area contributed by atoms with Gasteiger partial charge < -0.3 is 14.9 Å². The zero-order valence-electron chi connectivity index (χ0n) is 12.9. The van der Waals surface area contributed by atoms with E-state index in [1.54, 1.807) is 24.4 Å². The number of carbonyl (C=O) groups is 1. The van der Waals surface area contributed by atoms with Gasteiger partial charge in [-0.15, -0.1) is 0 Å². The van der Waals surface area contributed by atoms with E-state index in [0.29, 0.717) is 10.0 Å². The summed E-state index contributed by atoms with van der Waals surface area (Å²) >= 11 is 12.1. The molecule has 3 aromatic rings. The van der Waals surface area contributed by atoms with Crippen LogP contribution in [0, 0.1) is 0 Å². The Bertz CT molecular complexity index is 891. The molecule has 0 fully saturated rings. The Hall–Kier alpha value is -2.08. The van der Waals surface area contributed by atoms with E-state index in [-0.39, 0.29) is 6.42 Å². The Morgan fingerprint density at radius 2 is 1.88 bits per heavy atom. The molecule has 24 heavy (non-hydrogen) atoms. The molecule has 0 radical (unpaired) electrons. The number of nitrogens with two attached hydrogens (primary N) is 1. The fourth-order valence-electron chi connectivity index (χ4n) is 2.54. The predicted octanol–water partition coefficient (Wildman–Crippen LogP) is 3.35. The largest absolute Gasteiger partial charge is 0.468 e. The highest BCUT2D eigenvalue weighted by Crippen LogP contribution is 2.27. The second-order valence-electron chi connectivity index (χ2n) is 5.32. The van der Waals surface area contributed by atoms with Crippen LogP contribution < -0.4 is 5.73 Å². The van der Waals surface area contributed by atoms with Crippen molar-refractivity contribution in [3.05, 3.63) is 58.3 Å². The number of rotatable bonds is 4. The van der Waals surface area contributed by atoms with E-state index in [4.69, 9.17) is 33.7 Å². The van der Waals surface area contributed by atoms with Crippen molar-refractivity contribution >= 4 is 34.8 Å². The number of methoxy groups -OCH3 is 1. The predicted molar refractivity (Wildman–Crippen MR) is 94.3 cm³/mol. The maximum atomic E-state index is 11.7. The van der Waals surface area contributed by atoms with E-state index in [2.05, 4.69) is 4.98 Å². The highest BCUT2D eigenvalue weighted by Gasteiger charge is 2.21. The lowest BCUT2D eigenvalue weighted by molar-refractivity contribution is -0.142. The Labute approximate surface area is 149 Å². The molecule has 0 spiro atoms. The lowest BCUT2D eigenvalue weighted by Gasteiger charge is -2.11. The number of halogens is 2. The van der Waals surface area contributed by atoms with Crippen molar-refractivity contribution in [3.8, 4) is 11.3 Å². The summed E-state index contributed by atoms with van der Waals surface area (Å²) in [5, 5.41) is 1.20. The summed E-state index contributed by atoms with van der Waals surface area (Å²) in [5.41, 5.74) is 9.06. The van der Waals surface area contributed by atoms with Crippen LogP contribution in [-0.4, -0.2) is 28.5 Å². The van der Waals surface area contributed by atoms with Gasteiger partial charge in [-0.1, -0.05) is 35.3 Å². The number of ether oxygens (including phenoxy) is 1. The molecule has 2 aromatic heterocycles. The minimum Gasteiger partial charge on any atom is -0.468 e. The third kappa shape index (κ3) is 3.24. The van der Waals surface area contributed by atoms with E-state index in [9.17, 15) is 4.79 Å². The maximum Gasteiger partial charge on any atom is 0.323 e. The highest BCUT2D eigenvalue weighted by atomic mass is 35.5. The van der Waals surface area contributed by atoms with Crippen LogP contribution in [0.25, 0.3) is 16.9 Å². The van der Waals surface area contributed by atoms with Crippen molar-refractivity contribution in [3.63, 3.8) is 0 Å². The molecule has 0 amide bonds. The van der Waals surface area contributed by atoms with Crippen LogP contribution in [0.5, 0.6) is 0 Å². The summed E-state index contributed by atoms with van der Waals surface area (Å²) in [7, 11) is 1.31. The molecule has 5 nitrogen and oxygen atoms in total. The minimum atomic E-state index is -0.792. The van der Waals surface area contributed by atoms with E-state index in [1.165, 1.54) is 7.11 Å². The smallest absolute Gasteiger partial charge is 0.323 e. The molecule has 0 aliphatic carbocycles. The van der Waals surface area contributed by atoms with Gasteiger partial charge in [0.1, 0.15) is 11.7 Å². The number of hydrogen-bond acceptors (Lipinski definition) is 4. The molecule has 7 heteroatoms. The first-order valence-corrected chi connectivity index (χ1v) is 8.01. The first-order chi connectivity index (χ1) is 11.5. The lowest BCUT2D eigenvalue weighted by Crippen LogP contribution is -2.34. The highest BCUT2D eigenvalue weighted by molar-refractivity contribution is 6.30. The van der Waals surface area contributed by atoms with Gasteiger partial charge in [0.25, 0.3) is 0 Å². The summed E-state index contributed by atoms with van der Waals surface area (Å²) in [6.45, 7) is 0. The topological polar surface area (TPSA) is 69.6 Å². The van der Waals surface area contributed by atoms with Gasteiger partial charge in [0, 0.05) is 23.2 Å². The van der Waals surface area contributed by atoms with Crippen LogP contribution in [0.2, 0.25) is 10.0 Å². The van der Waals surface area contributed by atoms with Crippen molar-refractivity contribution < 1.29 is 9.53 Å². The van der Waals surface area contributed by atoms with E-state index in [1.807, 2.05) is 22.6 Å². The van der Waals surface area contributed by atoms with Crippen molar-refractivity contribution in [2.24, 2.45) is 5.73 Å². The second kappa shape index (κ2) is 6.81. The fourth-order valence-corrected chi connectivity index (χ4v) is 2.83. The standard InChI is InChI=1S/C17H15Cl2N3O2/c1-24-17(23)13(20)8-14-16(10-2-4-11(18)5-3-10)21-15-7-6-12(19)9-22(14)15/h2-7,9,13H,8,20H2,1H3. The van der Waals surface area contributed by atoms with Crippen LogP contribution in [0.3, 0.4) is 0 Å². The van der Waals surface area contributed by atoms with Crippen molar-refractivity contribution in [1.29, 1.82) is 0 Å². The quantitative estimate of drug-likeness (QED) is 0.721. The molecule has 0 aliphatic rings. The number of pyridine rings is 1. The van der Waals surface area contributed by atoms with Crippen molar-refractivity contribution in [2.75, 3.05) is 7.11 Å². The Balaban J connectivity index is 2.15. The van der Waals surface area contributed by atoms with Crippen LogP contribution in [0.15, 0.2) is 42.6 Å². The SMILES string of the molecule is COC(=O)C(N)Cc1c(-c2ccc(Cl)cc2)nc2ccc(Cl)cn12. The third-order valence-electron chi connectivity index (χ3n) is 3.72. The van der Waals surface area contributed by atoms with Gasteiger partial charge in [0.2, 0.25) is 0 Å². The molecule has 2 N–H and O–H groups in total. The molecular formula is C17H15Cl2N3O2. The molecule has 124 valence electrons. The summed E-state index contributed by atoms with van der Waals surface area (Å²) in [6, 6.07) is 10.1. The zero-order valence-corrected chi connectivity index (χ0v) is 14.4. The molecule has 1 aromatic carbocycles. The van der Waals surface area contributed by atoms with Crippen LogP contribution in [-0.2, 0) is 16.0 Å². The maximum absolute atomic E-state index is 11.7. The normalized spacial score (nSPS) is 12.3. The molecule has 1 atom stereocenters. The molecular weight excluding hydrogens is 349 g/mol. The monoisotopic (exact) mass is 363 g/mol. The van der Waals surface area contributed by atoms with Gasteiger partial charge in [-0.25, -0.2) is 4.98 Å². The molecule has 3 rings (SSSR count). The summed E-state index contributed by atoms with van der Waals surface area (Å²) in [4.78, 5) is 16.4. The first kappa shape index (κ1) is 16.8. The van der Waals surface area contributed by atoms with E-state index >= 15 is 0 Å². The minimum absolute atomic E-state index is 0.270. The summed E-state index contributed by atoms with van der Waals surface area (Å²) < 4.78 is 6.56. The lowest BCUT2D eigenvalue weighted by atomic mass is 10.1. The average molecular weight is 364 g/mol. The van der Waals surface area contributed by atoms with Gasteiger partial charge in [-0.05, 0) is 24.3 Å². The Morgan fingerprint density at radius 3 is 2.54 bits per heavy atom. The molecule has 2 heterocycles. The van der Waals surface area contributed by atoms with Crippen molar-refractivity contribution in [2.45, 2.75) is 12.5 Å². The van der Waals surface area contributed by atoms with Gasteiger partial charge >= 0.3 is 5.97 Å². The Morgan fingerprint density at radius 1 is 1.21 bits per heavy atom. The third-order valence-corrected chi connectivity index (χ3v) is 4.19. The number of hydrogen-bond donors (Lipinski definition) is 1. The van der Waals surface area contributed by atoms with Crippen LogP contribution >= 0.6 is 23.2 Å². The molecule has 0 saturated carbocycles. The van der Waals surface area contributed by atoms with Gasteiger partial charge in [0.05, 0.1) is 23.5 Å². The number of nitrogens with zero attached hydrogens (tertiary/aromatic N) is 2. The van der Waals surface area contributed by atoms with Crippen molar-refractivity contribution in [1.82, 2.24) is 9.38 Å². The molecule has 1 unspecified atom stereocenters. The first-order valence-electron chi connectivity index (χ1n) is 7.25. The van der Waals surface area contributed by atoms with Gasteiger partial charge in [-0.2, -0.15) is 0 Å².